The fourth-order valence-electron chi connectivity index (χ4n) is 4.77. The van der Waals surface area contributed by atoms with E-state index in [9.17, 15) is 22.4 Å². The van der Waals surface area contributed by atoms with Crippen LogP contribution in [0.5, 0.6) is 5.75 Å². The molecule has 1 unspecified atom stereocenters. The summed E-state index contributed by atoms with van der Waals surface area (Å²) in [5, 5.41) is 0. The Balaban J connectivity index is 1.37. The van der Waals surface area contributed by atoms with Gasteiger partial charge in [0.25, 0.3) is 0 Å². The number of halogens is 4. The van der Waals surface area contributed by atoms with Gasteiger partial charge in [-0.05, 0) is 55.2 Å². The number of likely N-dealkylation sites (tertiary alicyclic amines) is 1. The Morgan fingerprint density at radius 3 is 2.30 bits per heavy atom. The summed E-state index contributed by atoms with van der Waals surface area (Å²) in [5.41, 5.74) is 1.41. The van der Waals surface area contributed by atoms with Crippen LogP contribution in [-0.4, -0.2) is 66.7 Å². The van der Waals surface area contributed by atoms with Crippen LogP contribution in [0.25, 0.3) is 0 Å². The third-order valence-electron chi connectivity index (χ3n) is 6.68. The summed E-state index contributed by atoms with van der Waals surface area (Å²) in [5.74, 6) is -0.808. The minimum Gasteiger partial charge on any atom is -0.406 e. The number of ether oxygens (including phenoxy) is 3. The molecule has 2 aliphatic rings. The zero-order valence-corrected chi connectivity index (χ0v) is 20.8. The zero-order chi connectivity index (χ0) is 26.4. The quantitative estimate of drug-likeness (QED) is 0.437. The first-order valence-electron chi connectivity index (χ1n) is 12.5. The number of amides is 1. The average Bonchev–Trinajstić information content (AvgIpc) is 3.28. The summed E-state index contributed by atoms with van der Waals surface area (Å²) < 4.78 is 66.0. The fraction of sp³-hybridized carbons (Fsp3) is 0.519. The number of alkyl halides is 3. The standard InChI is InChI=1S/C27H32F4N2O4/c1-19-18-35-26(36-19)12-15-32-13-10-23(11-14-32)33(17-21-2-6-22(28)7-3-21)25(34)16-20-4-8-24(9-5-20)37-27(29,30)31/h2-9,19,23,26H,10-18H2,1H3/t19-,26?/m0/s1. The second kappa shape index (κ2) is 12.2. The Kier molecular flexibility index (Phi) is 9.04. The Bertz CT molecular complexity index is 1010. The number of piperidine rings is 1. The first kappa shape index (κ1) is 27.3. The lowest BCUT2D eigenvalue weighted by atomic mass is 10.0. The number of nitrogens with zero attached hydrogens (tertiary/aromatic N) is 2. The van der Waals surface area contributed by atoms with Crippen molar-refractivity contribution in [3.63, 3.8) is 0 Å². The summed E-state index contributed by atoms with van der Waals surface area (Å²) in [6.45, 7) is 5.43. The van der Waals surface area contributed by atoms with Crippen molar-refractivity contribution in [1.29, 1.82) is 0 Å². The van der Waals surface area contributed by atoms with Crippen molar-refractivity contribution in [1.82, 2.24) is 9.80 Å². The Labute approximate surface area is 214 Å². The Hall–Kier alpha value is -2.69. The van der Waals surface area contributed by atoms with E-state index in [1.165, 1.54) is 36.4 Å². The smallest absolute Gasteiger partial charge is 0.406 e. The van der Waals surface area contributed by atoms with Gasteiger partial charge in [0.2, 0.25) is 5.91 Å². The normalized spacial score (nSPS) is 21.2. The summed E-state index contributed by atoms with van der Waals surface area (Å²) in [6.07, 6.45) is -2.41. The number of hydrogen-bond donors (Lipinski definition) is 0. The molecule has 0 bridgehead atoms. The summed E-state index contributed by atoms with van der Waals surface area (Å²) in [6, 6.07) is 11.4. The first-order chi connectivity index (χ1) is 17.6. The molecule has 2 aromatic carbocycles. The van der Waals surface area contributed by atoms with Gasteiger partial charge in [-0.1, -0.05) is 24.3 Å². The van der Waals surface area contributed by atoms with Crippen LogP contribution in [0.1, 0.15) is 37.3 Å². The molecule has 2 aliphatic heterocycles. The molecule has 4 rings (SSSR count). The van der Waals surface area contributed by atoms with Gasteiger partial charge in [-0.2, -0.15) is 0 Å². The van der Waals surface area contributed by atoms with Gasteiger partial charge in [0.05, 0.1) is 19.1 Å². The van der Waals surface area contributed by atoms with Gasteiger partial charge in [0.1, 0.15) is 11.6 Å². The molecule has 2 saturated heterocycles. The van der Waals surface area contributed by atoms with E-state index in [4.69, 9.17) is 9.47 Å². The molecule has 202 valence electrons. The molecule has 2 heterocycles. The molecule has 0 spiro atoms. The van der Waals surface area contributed by atoms with Crippen LogP contribution in [0.3, 0.4) is 0 Å². The highest BCUT2D eigenvalue weighted by Gasteiger charge is 2.32. The number of carbonyl (C=O) groups excluding carboxylic acids is 1. The number of benzene rings is 2. The maximum absolute atomic E-state index is 13.4. The second-order valence-corrected chi connectivity index (χ2v) is 9.59. The lowest BCUT2D eigenvalue weighted by Gasteiger charge is -2.39. The van der Waals surface area contributed by atoms with E-state index < -0.39 is 6.36 Å². The molecule has 0 N–H and O–H groups in total. The third-order valence-corrected chi connectivity index (χ3v) is 6.68. The topological polar surface area (TPSA) is 51.2 Å². The summed E-state index contributed by atoms with van der Waals surface area (Å²) >= 11 is 0. The van der Waals surface area contributed by atoms with E-state index in [0.29, 0.717) is 18.7 Å². The van der Waals surface area contributed by atoms with E-state index in [-0.39, 0.29) is 42.3 Å². The highest BCUT2D eigenvalue weighted by Crippen LogP contribution is 2.25. The maximum Gasteiger partial charge on any atom is 0.573 e. The fourth-order valence-corrected chi connectivity index (χ4v) is 4.77. The van der Waals surface area contributed by atoms with Gasteiger partial charge in [0.15, 0.2) is 6.29 Å². The van der Waals surface area contributed by atoms with E-state index in [1.54, 1.807) is 12.1 Å². The molecule has 10 heteroatoms. The predicted octanol–water partition coefficient (Wildman–Crippen LogP) is 4.91. The largest absolute Gasteiger partial charge is 0.573 e. The van der Waals surface area contributed by atoms with Crippen molar-refractivity contribution in [3.8, 4) is 5.75 Å². The van der Waals surface area contributed by atoms with Gasteiger partial charge >= 0.3 is 6.36 Å². The minimum atomic E-state index is -4.77. The van der Waals surface area contributed by atoms with Crippen LogP contribution in [-0.2, 0) is 27.2 Å². The van der Waals surface area contributed by atoms with Gasteiger partial charge in [-0.25, -0.2) is 4.39 Å². The minimum absolute atomic E-state index is 0.000594. The summed E-state index contributed by atoms with van der Waals surface area (Å²) in [4.78, 5) is 17.6. The van der Waals surface area contributed by atoms with Gasteiger partial charge in [0, 0.05) is 38.6 Å². The van der Waals surface area contributed by atoms with Crippen LogP contribution >= 0.6 is 0 Å². The molecular weight excluding hydrogens is 492 g/mol. The van der Waals surface area contributed by atoms with Crippen molar-refractivity contribution in [2.45, 2.75) is 63.9 Å². The molecule has 1 amide bonds. The van der Waals surface area contributed by atoms with Gasteiger partial charge < -0.3 is 24.0 Å². The number of carbonyl (C=O) groups is 1. The molecule has 2 aromatic rings. The maximum atomic E-state index is 13.4. The van der Waals surface area contributed by atoms with Gasteiger partial charge in [-0.15, -0.1) is 13.2 Å². The number of hydrogen-bond acceptors (Lipinski definition) is 5. The van der Waals surface area contributed by atoms with E-state index >= 15 is 0 Å². The molecular formula is C27H32F4N2O4. The molecule has 0 radical (unpaired) electrons. The highest BCUT2D eigenvalue weighted by molar-refractivity contribution is 5.79. The monoisotopic (exact) mass is 524 g/mol. The van der Waals surface area contributed by atoms with E-state index in [0.717, 1.165) is 44.5 Å². The lowest BCUT2D eigenvalue weighted by molar-refractivity contribution is -0.274. The van der Waals surface area contributed by atoms with Crippen LogP contribution in [0, 0.1) is 5.82 Å². The Morgan fingerprint density at radius 2 is 1.70 bits per heavy atom. The molecule has 0 saturated carbocycles. The molecule has 2 atom stereocenters. The Morgan fingerprint density at radius 1 is 1.05 bits per heavy atom. The zero-order valence-electron chi connectivity index (χ0n) is 20.8. The first-order valence-corrected chi connectivity index (χ1v) is 12.5. The SMILES string of the molecule is C[C@H]1COC(CCN2CCC(N(Cc3ccc(F)cc3)C(=O)Cc3ccc(OC(F)(F)F)cc3)CC2)O1. The highest BCUT2D eigenvalue weighted by atomic mass is 19.4. The molecule has 37 heavy (non-hydrogen) atoms. The summed E-state index contributed by atoms with van der Waals surface area (Å²) in [7, 11) is 0. The third kappa shape index (κ3) is 8.41. The molecule has 0 aliphatic carbocycles. The van der Waals surface area contributed by atoms with Crippen LogP contribution in [0.15, 0.2) is 48.5 Å². The van der Waals surface area contributed by atoms with E-state index in [2.05, 4.69) is 9.64 Å². The average molecular weight is 525 g/mol. The van der Waals surface area contributed by atoms with Crippen LogP contribution in [0.2, 0.25) is 0 Å². The van der Waals surface area contributed by atoms with Crippen molar-refractivity contribution in [3.05, 3.63) is 65.5 Å². The lowest BCUT2D eigenvalue weighted by Crippen LogP contribution is -2.48. The predicted molar refractivity (Wildman–Crippen MR) is 128 cm³/mol. The van der Waals surface area contributed by atoms with Crippen molar-refractivity contribution < 1.29 is 36.6 Å². The molecule has 6 nitrogen and oxygen atoms in total. The van der Waals surface area contributed by atoms with Crippen molar-refractivity contribution in [2.75, 3.05) is 26.2 Å². The van der Waals surface area contributed by atoms with Crippen LogP contribution < -0.4 is 4.74 Å². The van der Waals surface area contributed by atoms with Crippen molar-refractivity contribution in [2.24, 2.45) is 0 Å². The van der Waals surface area contributed by atoms with Crippen molar-refractivity contribution >= 4 is 5.91 Å². The van der Waals surface area contributed by atoms with E-state index in [1.807, 2.05) is 11.8 Å². The van der Waals surface area contributed by atoms with Crippen LogP contribution in [0.4, 0.5) is 17.6 Å². The molecule has 2 fully saturated rings. The molecule has 0 aromatic heterocycles. The van der Waals surface area contributed by atoms with Gasteiger partial charge in [-0.3, -0.25) is 4.79 Å². The number of rotatable bonds is 9. The second-order valence-electron chi connectivity index (χ2n) is 9.59.